The lowest BCUT2D eigenvalue weighted by atomic mass is 9.85. The van der Waals surface area contributed by atoms with Gasteiger partial charge in [0.2, 0.25) is 0 Å². The number of benzene rings is 1. The van der Waals surface area contributed by atoms with E-state index < -0.39 is 18.0 Å². The molecule has 0 aromatic heterocycles. The van der Waals surface area contributed by atoms with E-state index in [2.05, 4.69) is 10.3 Å². The zero-order valence-electron chi connectivity index (χ0n) is 13.7. The highest BCUT2D eigenvalue weighted by molar-refractivity contribution is 6.09. The maximum absolute atomic E-state index is 12.5. The Kier molecular flexibility index (Phi) is 5.73. The molecular formula is C17H22N2O4. The van der Waals surface area contributed by atoms with Crippen molar-refractivity contribution in [2.75, 3.05) is 13.7 Å². The maximum Gasteiger partial charge on any atom is 0.341 e. The van der Waals surface area contributed by atoms with Gasteiger partial charge >= 0.3 is 12.0 Å². The minimum Gasteiger partial charge on any atom is -0.496 e. The van der Waals surface area contributed by atoms with Gasteiger partial charge in [0.05, 0.1) is 19.8 Å². The predicted molar refractivity (Wildman–Crippen MR) is 86.7 cm³/mol. The third-order valence-corrected chi connectivity index (χ3v) is 3.74. The summed E-state index contributed by atoms with van der Waals surface area (Å²) >= 11 is 0. The highest BCUT2D eigenvalue weighted by Gasteiger charge is 2.40. The zero-order chi connectivity index (χ0) is 16.8. The number of rotatable bonds is 6. The Morgan fingerprint density at radius 3 is 2.70 bits per heavy atom. The molecule has 1 aromatic rings. The van der Waals surface area contributed by atoms with Gasteiger partial charge < -0.3 is 14.8 Å². The number of esters is 1. The first-order valence-corrected chi connectivity index (χ1v) is 7.79. The number of carbonyl (C=O) groups is 2. The molecule has 0 fully saturated rings. The van der Waals surface area contributed by atoms with Gasteiger partial charge in [0, 0.05) is 11.3 Å². The molecule has 1 aromatic carbocycles. The number of hydrogen-bond acceptors (Lipinski definition) is 4. The Bertz CT molecular complexity index is 612. The molecule has 1 N–H and O–H groups in total. The lowest BCUT2D eigenvalue weighted by molar-refractivity contribution is -0.146. The third-order valence-electron chi connectivity index (χ3n) is 3.74. The van der Waals surface area contributed by atoms with Gasteiger partial charge in [-0.05, 0) is 19.4 Å². The second-order valence-corrected chi connectivity index (χ2v) is 5.25. The Morgan fingerprint density at radius 2 is 2.04 bits per heavy atom. The first-order valence-electron chi connectivity index (χ1n) is 7.79. The SMILES string of the molecule is CCCC1=NC(=O)NC(c2ccccc2OC)C1C(=O)OCC. The van der Waals surface area contributed by atoms with Gasteiger partial charge in [-0.15, -0.1) is 0 Å². The standard InChI is InChI=1S/C17H22N2O4/c1-4-8-12-14(16(20)23-5-2)15(19-17(21)18-12)11-9-6-7-10-13(11)22-3/h6-7,9-10,14-15H,4-5,8H2,1-3H3,(H,19,21). The largest absolute Gasteiger partial charge is 0.496 e. The van der Waals surface area contributed by atoms with E-state index in [4.69, 9.17) is 9.47 Å². The van der Waals surface area contributed by atoms with Crippen molar-refractivity contribution in [3.8, 4) is 5.75 Å². The molecule has 0 spiro atoms. The average molecular weight is 318 g/mol. The molecule has 2 rings (SSSR count). The van der Waals surface area contributed by atoms with Crippen molar-refractivity contribution in [1.29, 1.82) is 0 Å². The number of amides is 2. The number of aliphatic imine (C=N–C) groups is 1. The van der Waals surface area contributed by atoms with Crippen LogP contribution in [0.25, 0.3) is 0 Å². The second-order valence-electron chi connectivity index (χ2n) is 5.25. The zero-order valence-corrected chi connectivity index (χ0v) is 13.7. The van der Waals surface area contributed by atoms with Crippen LogP contribution in [0.15, 0.2) is 29.3 Å². The summed E-state index contributed by atoms with van der Waals surface area (Å²) in [7, 11) is 1.56. The molecule has 1 heterocycles. The molecule has 0 aliphatic carbocycles. The van der Waals surface area contributed by atoms with Gasteiger partial charge in [-0.25, -0.2) is 9.79 Å². The Morgan fingerprint density at radius 1 is 1.30 bits per heavy atom. The minimum absolute atomic E-state index is 0.279. The van der Waals surface area contributed by atoms with Crippen molar-refractivity contribution in [2.24, 2.45) is 10.9 Å². The maximum atomic E-state index is 12.5. The fourth-order valence-electron chi connectivity index (χ4n) is 2.79. The Labute approximate surface area is 135 Å². The van der Waals surface area contributed by atoms with E-state index in [9.17, 15) is 9.59 Å². The number of para-hydroxylation sites is 1. The number of hydrogen-bond donors (Lipinski definition) is 1. The highest BCUT2D eigenvalue weighted by atomic mass is 16.5. The Balaban J connectivity index is 2.48. The van der Waals surface area contributed by atoms with Crippen LogP contribution in [0.4, 0.5) is 4.79 Å². The van der Waals surface area contributed by atoms with E-state index in [1.54, 1.807) is 20.1 Å². The van der Waals surface area contributed by atoms with Crippen molar-refractivity contribution < 1.29 is 19.1 Å². The fraction of sp³-hybridized carbons (Fsp3) is 0.471. The first-order chi connectivity index (χ1) is 11.1. The minimum atomic E-state index is -0.635. The van der Waals surface area contributed by atoms with Crippen molar-refractivity contribution in [3.63, 3.8) is 0 Å². The van der Waals surface area contributed by atoms with E-state index >= 15 is 0 Å². The van der Waals surface area contributed by atoms with Crippen LogP contribution in [0.2, 0.25) is 0 Å². The number of carbonyl (C=O) groups excluding carboxylic acids is 2. The molecule has 2 amide bonds. The summed E-state index contributed by atoms with van der Waals surface area (Å²) in [5.41, 5.74) is 1.30. The van der Waals surface area contributed by atoms with Crippen LogP contribution in [-0.2, 0) is 9.53 Å². The Hall–Kier alpha value is -2.37. The monoisotopic (exact) mass is 318 g/mol. The average Bonchev–Trinajstić information content (AvgIpc) is 2.54. The number of urea groups is 1. The highest BCUT2D eigenvalue weighted by Crippen LogP contribution is 2.34. The van der Waals surface area contributed by atoms with E-state index in [1.165, 1.54) is 0 Å². The van der Waals surface area contributed by atoms with E-state index in [1.807, 2.05) is 25.1 Å². The lowest BCUT2D eigenvalue weighted by Gasteiger charge is -2.31. The third kappa shape index (κ3) is 3.70. The van der Waals surface area contributed by atoms with Crippen LogP contribution in [0.1, 0.15) is 38.3 Å². The number of methoxy groups -OCH3 is 1. The molecule has 0 saturated carbocycles. The number of ether oxygens (including phenoxy) is 2. The number of nitrogens with one attached hydrogen (secondary N) is 1. The van der Waals surface area contributed by atoms with Crippen molar-refractivity contribution in [3.05, 3.63) is 29.8 Å². The second kappa shape index (κ2) is 7.76. The van der Waals surface area contributed by atoms with E-state index in [-0.39, 0.29) is 12.6 Å². The summed E-state index contributed by atoms with van der Waals surface area (Å²) in [6.07, 6.45) is 1.36. The molecule has 6 nitrogen and oxygen atoms in total. The molecule has 0 saturated heterocycles. The fourth-order valence-corrected chi connectivity index (χ4v) is 2.79. The van der Waals surface area contributed by atoms with Gasteiger partial charge in [0.25, 0.3) is 0 Å². The number of nitrogens with zero attached hydrogens (tertiary/aromatic N) is 1. The molecule has 23 heavy (non-hydrogen) atoms. The van der Waals surface area contributed by atoms with Crippen LogP contribution in [0, 0.1) is 5.92 Å². The molecular weight excluding hydrogens is 296 g/mol. The van der Waals surface area contributed by atoms with Crippen LogP contribution in [-0.4, -0.2) is 31.4 Å². The van der Waals surface area contributed by atoms with Crippen molar-refractivity contribution in [1.82, 2.24) is 5.32 Å². The normalized spacial score (nSPS) is 20.5. The molecule has 2 atom stereocenters. The molecule has 1 aliphatic heterocycles. The quantitative estimate of drug-likeness (QED) is 0.818. The smallest absolute Gasteiger partial charge is 0.341 e. The molecule has 124 valence electrons. The summed E-state index contributed by atoms with van der Waals surface area (Å²) in [6, 6.07) is 6.34. The van der Waals surface area contributed by atoms with Crippen LogP contribution < -0.4 is 10.1 Å². The van der Waals surface area contributed by atoms with Gasteiger partial charge in [-0.2, -0.15) is 0 Å². The summed E-state index contributed by atoms with van der Waals surface area (Å²) in [4.78, 5) is 28.5. The molecule has 6 heteroatoms. The van der Waals surface area contributed by atoms with Crippen LogP contribution in [0.5, 0.6) is 5.75 Å². The molecule has 0 radical (unpaired) electrons. The van der Waals surface area contributed by atoms with Gasteiger partial charge in [0.15, 0.2) is 0 Å². The van der Waals surface area contributed by atoms with Crippen molar-refractivity contribution >= 4 is 17.7 Å². The summed E-state index contributed by atoms with van der Waals surface area (Å²) in [5.74, 6) is -0.399. The first kappa shape index (κ1) is 17.0. The molecule has 1 aliphatic rings. The van der Waals surface area contributed by atoms with Gasteiger partial charge in [-0.3, -0.25) is 4.79 Å². The van der Waals surface area contributed by atoms with E-state index in [0.29, 0.717) is 17.9 Å². The topological polar surface area (TPSA) is 77.0 Å². The summed E-state index contributed by atoms with van der Waals surface area (Å²) in [5, 5.41) is 2.78. The van der Waals surface area contributed by atoms with Gasteiger partial charge in [-0.1, -0.05) is 31.5 Å². The van der Waals surface area contributed by atoms with Crippen molar-refractivity contribution in [2.45, 2.75) is 32.7 Å². The van der Waals surface area contributed by atoms with E-state index in [0.717, 1.165) is 12.0 Å². The summed E-state index contributed by atoms with van der Waals surface area (Å²) in [6.45, 7) is 4.02. The van der Waals surface area contributed by atoms with Gasteiger partial charge in [0.1, 0.15) is 11.7 Å². The van der Waals surface area contributed by atoms with Crippen LogP contribution >= 0.6 is 0 Å². The predicted octanol–water partition coefficient (Wildman–Crippen LogP) is 2.88. The summed E-state index contributed by atoms with van der Waals surface area (Å²) < 4.78 is 10.6. The van der Waals surface area contributed by atoms with Crippen LogP contribution in [0.3, 0.4) is 0 Å². The lowest BCUT2D eigenvalue weighted by Crippen LogP contribution is -2.45. The molecule has 2 unspecified atom stereocenters. The molecule has 0 bridgehead atoms.